The standard InChI is InChI=1S/C13H12F4N4/c14-7-1-2-8(9(5-7)13(15,16)17)11-12(18)21-4-3-19-6-10(21)20-11/h1-2,5,19H,3-4,6,18H2. The summed E-state index contributed by atoms with van der Waals surface area (Å²) in [4.78, 5) is 4.18. The highest BCUT2D eigenvalue weighted by atomic mass is 19.4. The van der Waals surface area contributed by atoms with Crippen LogP contribution in [0.2, 0.25) is 0 Å². The number of benzene rings is 1. The van der Waals surface area contributed by atoms with Crippen LogP contribution in [0.1, 0.15) is 11.4 Å². The Morgan fingerprint density at radius 1 is 1.29 bits per heavy atom. The zero-order chi connectivity index (χ0) is 15.2. The number of hydrogen-bond acceptors (Lipinski definition) is 3. The van der Waals surface area contributed by atoms with E-state index in [4.69, 9.17) is 5.73 Å². The van der Waals surface area contributed by atoms with Gasteiger partial charge in [-0.3, -0.25) is 0 Å². The summed E-state index contributed by atoms with van der Waals surface area (Å²) in [6.07, 6.45) is -4.67. The molecule has 8 heteroatoms. The molecule has 3 rings (SSSR count). The van der Waals surface area contributed by atoms with Gasteiger partial charge in [0.2, 0.25) is 0 Å². The Morgan fingerprint density at radius 2 is 2.05 bits per heavy atom. The Morgan fingerprint density at radius 3 is 2.71 bits per heavy atom. The molecule has 0 amide bonds. The SMILES string of the molecule is Nc1c(-c2ccc(F)cc2C(F)(F)F)nc2n1CCNC2. The second-order valence-electron chi connectivity index (χ2n) is 4.78. The van der Waals surface area contributed by atoms with Crippen molar-refractivity contribution >= 4 is 5.82 Å². The van der Waals surface area contributed by atoms with Gasteiger partial charge in [0.1, 0.15) is 23.2 Å². The Bertz CT molecular complexity index is 690. The molecule has 0 bridgehead atoms. The largest absolute Gasteiger partial charge is 0.417 e. The van der Waals surface area contributed by atoms with Crippen LogP contribution < -0.4 is 11.1 Å². The lowest BCUT2D eigenvalue weighted by molar-refractivity contribution is -0.137. The number of anilines is 1. The van der Waals surface area contributed by atoms with Gasteiger partial charge >= 0.3 is 6.18 Å². The van der Waals surface area contributed by atoms with Gasteiger partial charge in [0, 0.05) is 18.7 Å². The highest BCUT2D eigenvalue weighted by Crippen LogP contribution is 2.39. The predicted octanol–water partition coefficient (Wildman–Crippen LogP) is 2.39. The van der Waals surface area contributed by atoms with Gasteiger partial charge in [-0.2, -0.15) is 13.2 Å². The first kappa shape index (κ1) is 13.9. The number of nitrogens with zero attached hydrogens (tertiary/aromatic N) is 2. The lowest BCUT2D eigenvalue weighted by Gasteiger charge is -2.15. The lowest BCUT2D eigenvalue weighted by atomic mass is 10.0. The summed E-state index contributed by atoms with van der Waals surface area (Å²) in [7, 11) is 0. The lowest BCUT2D eigenvalue weighted by Crippen LogP contribution is -2.28. The quantitative estimate of drug-likeness (QED) is 0.795. The number of nitrogens with one attached hydrogen (secondary N) is 1. The van der Waals surface area contributed by atoms with E-state index in [0.717, 1.165) is 12.1 Å². The van der Waals surface area contributed by atoms with Gasteiger partial charge in [-0.1, -0.05) is 0 Å². The third-order valence-electron chi connectivity index (χ3n) is 3.42. The van der Waals surface area contributed by atoms with Crippen LogP contribution in [-0.2, 0) is 19.3 Å². The van der Waals surface area contributed by atoms with E-state index in [1.54, 1.807) is 4.57 Å². The van der Waals surface area contributed by atoms with Gasteiger partial charge < -0.3 is 15.6 Å². The summed E-state index contributed by atoms with van der Waals surface area (Å²) in [5, 5.41) is 3.07. The summed E-state index contributed by atoms with van der Waals surface area (Å²) in [6, 6.07) is 2.50. The van der Waals surface area contributed by atoms with E-state index in [-0.39, 0.29) is 17.1 Å². The number of halogens is 4. The van der Waals surface area contributed by atoms with Crippen molar-refractivity contribution in [1.29, 1.82) is 0 Å². The smallest absolute Gasteiger partial charge is 0.383 e. The first-order valence-electron chi connectivity index (χ1n) is 6.30. The number of fused-ring (bicyclic) bond motifs is 1. The molecule has 0 spiro atoms. The maximum absolute atomic E-state index is 13.2. The van der Waals surface area contributed by atoms with Gasteiger partial charge in [-0.05, 0) is 18.2 Å². The number of nitrogen functional groups attached to an aromatic ring is 1. The molecule has 3 N–H and O–H groups in total. The molecule has 0 saturated carbocycles. The van der Waals surface area contributed by atoms with E-state index < -0.39 is 17.6 Å². The first-order chi connectivity index (χ1) is 9.88. The summed E-state index contributed by atoms with van der Waals surface area (Å²) in [5.74, 6) is -0.204. The molecule has 0 atom stereocenters. The van der Waals surface area contributed by atoms with Crippen LogP contribution in [-0.4, -0.2) is 16.1 Å². The van der Waals surface area contributed by atoms with Crippen molar-refractivity contribution in [3.8, 4) is 11.3 Å². The van der Waals surface area contributed by atoms with Crippen molar-refractivity contribution < 1.29 is 17.6 Å². The van der Waals surface area contributed by atoms with Crippen LogP contribution in [0.5, 0.6) is 0 Å². The van der Waals surface area contributed by atoms with Gasteiger partial charge in [-0.15, -0.1) is 0 Å². The second-order valence-corrected chi connectivity index (χ2v) is 4.78. The van der Waals surface area contributed by atoms with E-state index in [9.17, 15) is 17.6 Å². The minimum Gasteiger partial charge on any atom is -0.383 e. The van der Waals surface area contributed by atoms with Gasteiger partial charge in [-0.25, -0.2) is 9.37 Å². The molecular weight excluding hydrogens is 288 g/mol. The number of imidazole rings is 1. The predicted molar refractivity (Wildman–Crippen MR) is 68.7 cm³/mol. The maximum atomic E-state index is 13.2. The number of hydrogen-bond donors (Lipinski definition) is 2. The van der Waals surface area contributed by atoms with E-state index >= 15 is 0 Å². The van der Waals surface area contributed by atoms with Crippen molar-refractivity contribution in [1.82, 2.24) is 14.9 Å². The Labute approximate surface area is 117 Å². The average molecular weight is 300 g/mol. The van der Waals surface area contributed by atoms with Crippen LogP contribution in [0.15, 0.2) is 18.2 Å². The Kier molecular flexibility index (Phi) is 3.12. The molecule has 0 unspecified atom stereocenters. The fourth-order valence-corrected chi connectivity index (χ4v) is 2.44. The number of nitrogens with two attached hydrogens (primary N) is 1. The fourth-order valence-electron chi connectivity index (χ4n) is 2.44. The van der Waals surface area contributed by atoms with Gasteiger partial charge in [0.05, 0.1) is 12.1 Å². The fraction of sp³-hybridized carbons (Fsp3) is 0.308. The minimum absolute atomic E-state index is 0.0426. The summed E-state index contributed by atoms with van der Waals surface area (Å²) < 4.78 is 54.1. The molecule has 2 heterocycles. The third-order valence-corrected chi connectivity index (χ3v) is 3.42. The first-order valence-corrected chi connectivity index (χ1v) is 6.30. The minimum atomic E-state index is -4.67. The molecule has 2 aromatic rings. The van der Waals surface area contributed by atoms with E-state index in [1.165, 1.54) is 0 Å². The van der Waals surface area contributed by atoms with Crippen LogP contribution >= 0.6 is 0 Å². The van der Waals surface area contributed by atoms with Gasteiger partial charge in [0.15, 0.2) is 0 Å². The van der Waals surface area contributed by atoms with E-state index in [0.29, 0.717) is 31.5 Å². The molecular formula is C13H12F4N4. The third kappa shape index (κ3) is 2.35. The van der Waals surface area contributed by atoms with Crippen molar-refractivity contribution in [3.05, 3.63) is 35.4 Å². The molecule has 1 aromatic carbocycles. The molecule has 112 valence electrons. The van der Waals surface area contributed by atoms with Crippen LogP contribution in [0.25, 0.3) is 11.3 Å². The number of rotatable bonds is 1. The Balaban J connectivity index is 2.19. The highest BCUT2D eigenvalue weighted by molar-refractivity contribution is 5.74. The number of alkyl halides is 3. The van der Waals surface area contributed by atoms with Gasteiger partial charge in [0.25, 0.3) is 0 Å². The molecule has 1 aromatic heterocycles. The van der Waals surface area contributed by atoms with Crippen LogP contribution in [0, 0.1) is 5.82 Å². The average Bonchev–Trinajstić information content (AvgIpc) is 2.76. The topological polar surface area (TPSA) is 55.9 Å². The summed E-state index contributed by atoms with van der Waals surface area (Å²) in [5.41, 5.74) is 4.68. The van der Waals surface area contributed by atoms with E-state index in [2.05, 4.69) is 10.3 Å². The maximum Gasteiger partial charge on any atom is 0.417 e. The molecule has 0 fully saturated rings. The summed E-state index contributed by atoms with van der Waals surface area (Å²) >= 11 is 0. The van der Waals surface area contributed by atoms with Crippen molar-refractivity contribution in [2.24, 2.45) is 0 Å². The molecule has 21 heavy (non-hydrogen) atoms. The van der Waals surface area contributed by atoms with Crippen molar-refractivity contribution in [2.75, 3.05) is 12.3 Å². The summed E-state index contributed by atoms with van der Waals surface area (Å²) in [6.45, 7) is 1.64. The molecule has 1 aliphatic heterocycles. The highest BCUT2D eigenvalue weighted by Gasteiger charge is 2.35. The molecule has 0 saturated heterocycles. The van der Waals surface area contributed by atoms with Crippen LogP contribution in [0.4, 0.5) is 23.4 Å². The Hall–Kier alpha value is -2.09. The van der Waals surface area contributed by atoms with E-state index in [1.807, 2.05) is 0 Å². The monoisotopic (exact) mass is 300 g/mol. The molecule has 0 aliphatic carbocycles. The zero-order valence-corrected chi connectivity index (χ0v) is 10.8. The normalized spacial score (nSPS) is 15.0. The molecule has 1 aliphatic rings. The van der Waals surface area contributed by atoms with Crippen molar-refractivity contribution in [2.45, 2.75) is 19.3 Å². The molecule has 4 nitrogen and oxygen atoms in total. The second kappa shape index (κ2) is 4.73. The number of aromatic nitrogens is 2. The zero-order valence-electron chi connectivity index (χ0n) is 10.8. The van der Waals surface area contributed by atoms with Crippen LogP contribution in [0.3, 0.4) is 0 Å². The van der Waals surface area contributed by atoms with Crippen molar-refractivity contribution in [3.63, 3.8) is 0 Å². The molecule has 0 radical (unpaired) electrons.